The van der Waals surface area contributed by atoms with Gasteiger partial charge in [-0.1, -0.05) is 48.8 Å². The molecule has 29 heavy (non-hydrogen) atoms. The van der Waals surface area contributed by atoms with Gasteiger partial charge in [0.15, 0.2) is 0 Å². The van der Waals surface area contributed by atoms with E-state index < -0.39 is 0 Å². The quantitative estimate of drug-likeness (QED) is 0.427. The van der Waals surface area contributed by atoms with Gasteiger partial charge in [0.25, 0.3) is 5.56 Å². The molecule has 5 nitrogen and oxygen atoms in total. The van der Waals surface area contributed by atoms with Gasteiger partial charge in [-0.25, -0.2) is 4.98 Å². The van der Waals surface area contributed by atoms with E-state index in [1.807, 2.05) is 43.3 Å². The molecule has 0 spiro atoms. The molecule has 1 heterocycles. The molecule has 1 aromatic heterocycles. The molecule has 0 unspecified atom stereocenters. The van der Waals surface area contributed by atoms with E-state index in [9.17, 15) is 4.79 Å². The van der Waals surface area contributed by atoms with Crippen molar-refractivity contribution in [1.82, 2.24) is 9.66 Å². The fourth-order valence-electron chi connectivity index (χ4n) is 2.89. The van der Waals surface area contributed by atoms with Gasteiger partial charge < -0.3 is 4.74 Å². The summed E-state index contributed by atoms with van der Waals surface area (Å²) in [6.07, 6.45) is 3.54. The number of para-hydroxylation sites is 1. The summed E-state index contributed by atoms with van der Waals surface area (Å²) >= 11 is 3.44. The standard InChI is InChI=1S/C23H26BrN3O2/c1-5-15(3)22-26-20-12-11-18(24)13-19(20)23(28)27(22)25-14-17-9-7-8-10-21(17)29-16(4)6-2/h7-16H,5-6H2,1-4H3/t15-,16-/m1/s1. The molecule has 0 saturated carbocycles. The van der Waals surface area contributed by atoms with Crippen LogP contribution in [0.3, 0.4) is 0 Å². The summed E-state index contributed by atoms with van der Waals surface area (Å²) in [5.41, 5.74) is 1.33. The highest BCUT2D eigenvalue weighted by molar-refractivity contribution is 9.10. The lowest BCUT2D eigenvalue weighted by Crippen LogP contribution is -2.23. The smallest absolute Gasteiger partial charge is 0.282 e. The van der Waals surface area contributed by atoms with E-state index in [-0.39, 0.29) is 17.6 Å². The van der Waals surface area contributed by atoms with Crippen LogP contribution in [0.4, 0.5) is 0 Å². The predicted octanol–water partition coefficient (Wildman–Crippen LogP) is 5.73. The molecule has 0 aliphatic rings. The highest BCUT2D eigenvalue weighted by Crippen LogP contribution is 2.22. The van der Waals surface area contributed by atoms with Gasteiger partial charge in [-0.2, -0.15) is 9.78 Å². The molecule has 3 aromatic rings. The molecule has 0 saturated heterocycles. The van der Waals surface area contributed by atoms with E-state index in [1.165, 1.54) is 4.68 Å². The van der Waals surface area contributed by atoms with Crippen molar-refractivity contribution in [2.24, 2.45) is 5.10 Å². The number of halogens is 1. The Hall–Kier alpha value is -2.47. The Bertz CT molecular complexity index is 1090. The number of fused-ring (bicyclic) bond motifs is 1. The molecule has 0 aliphatic carbocycles. The van der Waals surface area contributed by atoms with Crippen LogP contribution in [0.1, 0.15) is 57.8 Å². The zero-order chi connectivity index (χ0) is 21.0. The van der Waals surface area contributed by atoms with Crippen LogP contribution in [0, 0.1) is 0 Å². The highest BCUT2D eigenvalue weighted by Gasteiger charge is 2.16. The van der Waals surface area contributed by atoms with Gasteiger partial charge in [-0.05, 0) is 50.1 Å². The van der Waals surface area contributed by atoms with E-state index in [1.54, 1.807) is 12.3 Å². The zero-order valence-electron chi connectivity index (χ0n) is 17.2. The predicted molar refractivity (Wildman–Crippen MR) is 122 cm³/mol. The Kier molecular flexibility index (Phi) is 6.85. The number of ether oxygens (including phenoxy) is 1. The minimum Gasteiger partial charge on any atom is -0.490 e. The first kappa shape index (κ1) is 21.2. The molecule has 0 bridgehead atoms. The number of hydrogen-bond donors (Lipinski definition) is 0. The van der Waals surface area contributed by atoms with Crippen LogP contribution in [-0.2, 0) is 0 Å². The molecule has 2 atom stereocenters. The summed E-state index contributed by atoms with van der Waals surface area (Å²) in [4.78, 5) is 18.0. The van der Waals surface area contributed by atoms with Crippen LogP contribution >= 0.6 is 15.9 Å². The van der Waals surface area contributed by atoms with Crippen molar-refractivity contribution in [2.75, 3.05) is 0 Å². The van der Waals surface area contributed by atoms with Crippen molar-refractivity contribution >= 4 is 33.0 Å². The second-order valence-corrected chi connectivity index (χ2v) is 8.09. The van der Waals surface area contributed by atoms with Gasteiger partial charge in [0, 0.05) is 16.0 Å². The SMILES string of the molecule is CC[C@@H](C)Oc1ccccc1C=Nn1c([C@H](C)CC)nc2ccc(Br)cc2c1=O. The average Bonchev–Trinajstić information content (AvgIpc) is 2.73. The lowest BCUT2D eigenvalue weighted by atomic mass is 10.1. The Balaban J connectivity index is 2.12. The normalized spacial score (nSPS) is 13.7. The average molecular weight is 456 g/mol. The maximum absolute atomic E-state index is 13.2. The number of hydrogen-bond acceptors (Lipinski definition) is 4. The van der Waals surface area contributed by atoms with Crippen LogP contribution in [-0.4, -0.2) is 22.0 Å². The number of nitrogens with zero attached hydrogens (tertiary/aromatic N) is 3. The lowest BCUT2D eigenvalue weighted by Gasteiger charge is -2.15. The summed E-state index contributed by atoms with van der Waals surface area (Å²) in [6.45, 7) is 8.24. The second kappa shape index (κ2) is 9.35. The van der Waals surface area contributed by atoms with Gasteiger partial charge in [0.2, 0.25) is 0 Å². The number of aromatic nitrogens is 2. The van der Waals surface area contributed by atoms with E-state index in [0.717, 1.165) is 28.6 Å². The first-order valence-corrected chi connectivity index (χ1v) is 10.8. The third-order valence-electron chi connectivity index (χ3n) is 5.02. The van der Waals surface area contributed by atoms with Crippen LogP contribution in [0.15, 0.2) is 56.8 Å². The maximum Gasteiger partial charge on any atom is 0.282 e. The lowest BCUT2D eigenvalue weighted by molar-refractivity contribution is 0.217. The number of rotatable bonds is 7. The largest absolute Gasteiger partial charge is 0.490 e. The van der Waals surface area contributed by atoms with Gasteiger partial charge in [0.1, 0.15) is 11.6 Å². The fraction of sp³-hybridized carbons (Fsp3) is 0.348. The molecule has 3 rings (SSSR count). The Morgan fingerprint density at radius 2 is 1.93 bits per heavy atom. The highest BCUT2D eigenvalue weighted by atomic mass is 79.9. The van der Waals surface area contributed by atoms with Gasteiger partial charge in [-0.15, -0.1) is 0 Å². The molecular formula is C23H26BrN3O2. The molecule has 2 aromatic carbocycles. The maximum atomic E-state index is 13.2. The molecule has 0 fully saturated rings. The Morgan fingerprint density at radius 1 is 1.17 bits per heavy atom. The van der Waals surface area contributed by atoms with Crippen LogP contribution in [0.2, 0.25) is 0 Å². The van der Waals surface area contributed by atoms with Crippen LogP contribution in [0.5, 0.6) is 5.75 Å². The van der Waals surface area contributed by atoms with Gasteiger partial charge in [0.05, 0.1) is 23.2 Å². The molecule has 0 amide bonds. The third-order valence-corrected chi connectivity index (χ3v) is 5.51. The molecule has 6 heteroatoms. The molecule has 0 aliphatic heterocycles. The fourth-order valence-corrected chi connectivity index (χ4v) is 3.25. The summed E-state index contributed by atoms with van der Waals surface area (Å²) in [6, 6.07) is 13.3. The molecule has 152 valence electrons. The van der Waals surface area contributed by atoms with Gasteiger partial charge in [-0.3, -0.25) is 4.79 Å². The monoisotopic (exact) mass is 455 g/mol. The van der Waals surface area contributed by atoms with Crippen LogP contribution in [0.25, 0.3) is 10.9 Å². The second-order valence-electron chi connectivity index (χ2n) is 7.18. The van der Waals surface area contributed by atoms with Crippen molar-refractivity contribution in [1.29, 1.82) is 0 Å². The van der Waals surface area contributed by atoms with Crippen molar-refractivity contribution in [3.63, 3.8) is 0 Å². The van der Waals surface area contributed by atoms with Crippen LogP contribution < -0.4 is 10.3 Å². The van der Waals surface area contributed by atoms with Crippen molar-refractivity contribution < 1.29 is 4.74 Å². The molecular weight excluding hydrogens is 430 g/mol. The van der Waals surface area contributed by atoms with E-state index >= 15 is 0 Å². The summed E-state index contributed by atoms with van der Waals surface area (Å²) in [5.74, 6) is 1.50. The van der Waals surface area contributed by atoms with Gasteiger partial charge >= 0.3 is 0 Å². The first-order valence-electron chi connectivity index (χ1n) is 9.96. The Morgan fingerprint density at radius 3 is 2.66 bits per heavy atom. The minimum atomic E-state index is -0.178. The van der Waals surface area contributed by atoms with E-state index in [4.69, 9.17) is 9.72 Å². The Labute approximate surface area is 179 Å². The van der Waals surface area contributed by atoms with E-state index in [2.05, 4.69) is 41.8 Å². The zero-order valence-corrected chi connectivity index (χ0v) is 18.8. The van der Waals surface area contributed by atoms with E-state index in [0.29, 0.717) is 16.7 Å². The molecule has 0 N–H and O–H groups in total. The summed E-state index contributed by atoms with van der Waals surface area (Å²) in [7, 11) is 0. The summed E-state index contributed by atoms with van der Waals surface area (Å²) < 4.78 is 8.25. The van der Waals surface area contributed by atoms with Crippen molar-refractivity contribution in [2.45, 2.75) is 52.6 Å². The third kappa shape index (κ3) is 4.75. The topological polar surface area (TPSA) is 56.5 Å². The van der Waals surface area contributed by atoms with Crippen molar-refractivity contribution in [3.8, 4) is 5.75 Å². The van der Waals surface area contributed by atoms with Crippen molar-refractivity contribution in [3.05, 3.63) is 68.7 Å². The molecule has 0 radical (unpaired) electrons. The summed E-state index contributed by atoms with van der Waals surface area (Å²) in [5, 5.41) is 5.07. The minimum absolute atomic E-state index is 0.0968. The first-order chi connectivity index (χ1) is 13.9. The number of benzene rings is 2.